The number of unbranched alkanes of at least 4 members (excludes halogenated alkanes) is 3. The summed E-state index contributed by atoms with van der Waals surface area (Å²) in [6, 6.07) is 0. The molecule has 0 aliphatic rings. The van der Waals surface area contributed by atoms with Crippen molar-refractivity contribution < 1.29 is 19.1 Å². The van der Waals surface area contributed by atoms with Crippen molar-refractivity contribution in [2.24, 2.45) is 0 Å². The van der Waals surface area contributed by atoms with Crippen molar-refractivity contribution >= 4 is 51.5 Å². The van der Waals surface area contributed by atoms with Crippen molar-refractivity contribution in [2.45, 2.75) is 64.9 Å². The summed E-state index contributed by atoms with van der Waals surface area (Å²) in [4.78, 5) is 34.4. The number of ketones is 1. The maximum absolute atomic E-state index is 11.9. The minimum Gasteiger partial charge on any atom is -0.461 e. The Morgan fingerprint density at radius 2 is 1.71 bits per heavy atom. The van der Waals surface area contributed by atoms with Crippen LogP contribution in [-0.4, -0.2) is 45.8 Å². The second kappa shape index (κ2) is 16.3. The third-order valence-electron chi connectivity index (χ3n) is 3.17. The standard InChI is InChI=1S/C17H30O4S3/c1-4-5-10-16(19)21-15(12-22-3)13-24-17(20)23-11-8-6-7-9-14(2)18/h15H,4-13H2,1-3H3. The molecule has 7 heteroatoms. The monoisotopic (exact) mass is 394 g/mol. The quantitative estimate of drug-likeness (QED) is 0.297. The summed E-state index contributed by atoms with van der Waals surface area (Å²) < 4.78 is 5.53. The number of carbonyl (C=O) groups is 3. The number of Topliss-reactive ketones (excluding diaryl/α,β-unsaturated/α-hetero) is 1. The highest BCUT2D eigenvalue weighted by Crippen LogP contribution is 2.21. The number of rotatable bonds is 14. The van der Waals surface area contributed by atoms with Gasteiger partial charge in [0.15, 0.2) is 0 Å². The molecule has 0 rings (SSSR count). The smallest absolute Gasteiger partial charge is 0.306 e. The zero-order valence-corrected chi connectivity index (χ0v) is 17.5. The molecule has 0 spiro atoms. The van der Waals surface area contributed by atoms with Crippen molar-refractivity contribution in [1.82, 2.24) is 0 Å². The van der Waals surface area contributed by atoms with Crippen LogP contribution < -0.4 is 0 Å². The third-order valence-corrected chi connectivity index (χ3v) is 6.08. The van der Waals surface area contributed by atoms with Gasteiger partial charge in [0, 0.05) is 30.1 Å². The summed E-state index contributed by atoms with van der Waals surface area (Å²) in [6.07, 6.45) is 7.50. The van der Waals surface area contributed by atoms with Crippen molar-refractivity contribution in [2.75, 3.05) is 23.5 Å². The molecule has 1 atom stereocenters. The minimum absolute atomic E-state index is 0.0808. The van der Waals surface area contributed by atoms with Gasteiger partial charge in [0.1, 0.15) is 11.9 Å². The summed E-state index contributed by atoms with van der Waals surface area (Å²) in [5.41, 5.74) is 0. The Morgan fingerprint density at radius 3 is 2.33 bits per heavy atom. The summed E-state index contributed by atoms with van der Waals surface area (Å²) in [6.45, 7) is 3.65. The molecule has 24 heavy (non-hydrogen) atoms. The SMILES string of the molecule is CCCCC(=O)OC(CSC)CSC(=O)SCCCCCC(C)=O. The van der Waals surface area contributed by atoms with Crippen LogP contribution in [0.25, 0.3) is 0 Å². The lowest BCUT2D eigenvalue weighted by molar-refractivity contribution is -0.147. The van der Waals surface area contributed by atoms with Gasteiger partial charge < -0.3 is 9.53 Å². The highest BCUT2D eigenvalue weighted by molar-refractivity contribution is 8.38. The lowest BCUT2D eigenvalue weighted by Gasteiger charge is -2.16. The Balaban J connectivity index is 3.84. The van der Waals surface area contributed by atoms with Crippen LogP contribution in [0.3, 0.4) is 0 Å². The number of carbonyl (C=O) groups excluding carboxylic acids is 3. The highest BCUT2D eigenvalue weighted by Gasteiger charge is 2.16. The zero-order valence-electron chi connectivity index (χ0n) is 15.0. The van der Waals surface area contributed by atoms with Gasteiger partial charge in [-0.05, 0) is 32.4 Å². The predicted molar refractivity (Wildman–Crippen MR) is 107 cm³/mol. The van der Waals surface area contributed by atoms with Crippen LogP contribution in [0.1, 0.15) is 58.8 Å². The topological polar surface area (TPSA) is 60.4 Å². The normalized spacial score (nSPS) is 12.0. The fourth-order valence-electron chi connectivity index (χ4n) is 1.88. The molecule has 0 fully saturated rings. The lowest BCUT2D eigenvalue weighted by Crippen LogP contribution is -2.23. The van der Waals surface area contributed by atoms with E-state index >= 15 is 0 Å². The molecule has 0 aromatic heterocycles. The summed E-state index contributed by atoms with van der Waals surface area (Å²) in [5, 5.41) is 0. The second-order valence-corrected chi connectivity index (χ2v) is 8.82. The van der Waals surface area contributed by atoms with E-state index in [9.17, 15) is 14.4 Å². The molecule has 0 amide bonds. The van der Waals surface area contributed by atoms with E-state index in [2.05, 4.69) is 0 Å². The van der Waals surface area contributed by atoms with E-state index in [1.54, 1.807) is 18.7 Å². The van der Waals surface area contributed by atoms with Gasteiger partial charge in [-0.15, -0.1) is 0 Å². The summed E-state index contributed by atoms with van der Waals surface area (Å²) >= 11 is 4.18. The van der Waals surface area contributed by atoms with Crippen molar-refractivity contribution in [3.8, 4) is 0 Å². The Hall–Kier alpha value is -0.140. The van der Waals surface area contributed by atoms with Crippen LogP contribution in [0, 0.1) is 0 Å². The van der Waals surface area contributed by atoms with Crippen LogP contribution in [0.2, 0.25) is 0 Å². The molecule has 0 aliphatic heterocycles. The van der Waals surface area contributed by atoms with Crippen molar-refractivity contribution in [3.63, 3.8) is 0 Å². The van der Waals surface area contributed by atoms with Gasteiger partial charge in [-0.3, -0.25) is 9.59 Å². The van der Waals surface area contributed by atoms with E-state index in [1.165, 1.54) is 23.5 Å². The van der Waals surface area contributed by atoms with E-state index < -0.39 is 0 Å². The fourth-order valence-corrected chi connectivity index (χ4v) is 4.40. The van der Waals surface area contributed by atoms with E-state index in [0.717, 1.165) is 37.9 Å². The van der Waals surface area contributed by atoms with Gasteiger partial charge in [0.05, 0.1) is 0 Å². The van der Waals surface area contributed by atoms with Gasteiger partial charge in [-0.2, -0.15) is 11.8 Å². The van der Waals surface area contributed by atoms with Gasteiger partial charge >= 0.3 is 5.97 Å². The molecule has 0 bridgehead atoms. The molecule has 0 aromatic carbocycles. The van der Waals surface area contributed by atoms with Gasteiger partial charge in [0.2, 0.25) is 4.45 Å². The van der Waals surface area contributed by atoms with Crippen molar-refractivity contribution in [3.05, 3.63) is 0 Å². The molecule has 0 aliphatic carbocycles. The molecule has 0 saturated heterocycles. The summed E-state index contributed by atoms with van der Waals surface area (Å²) in [7, 11) is 0. The Labute approximate surface area is 159 Å². The van der Waals surface area contributed by atoms with Gasteiger partial charge in [-0.25, -0.2) is 0 Å². The first kappa shape index (κ1) is 23.9. The first-order valence-corrected chi connectivity index (χ1v) is 11.8. The van der Waals surface area contributed by atoms with E-state index in [4.69, 9.17) is 4.74 Å². The predicted octanol–water partition coefficient (Wildman–Crippen LogP) is 5.19. The number of thioether (sulfide) groups is 3. The lowest BCUT2D eigenvalue weighted by atomic mass is 10.2. The zero-order chi connectivity index (χ0) is 18.2. The first-order valence-electron chi connectivity index (χ1n) is 8.47. The largest absolute Gasteiger partial charge is 0.461 e. The Bertz CT molecular complexity index is 375. The number of hydrogen-bond acceptors (Lipinski definition) is 7. The molecule has 1 unspecified atom stereocenters. The van der Waals surface area contributed by atoms with E-state index in [-0.39, 0.29) is 22.3 Å². The maximum atomic E-state index is 11.9. The molecule has 0 aromatic rings. The van der Waals surface area contributed by atoms with Gasteiger partial charge in [0.25, 0.3) is 0 Å². The van der Waals surface area contributed by atoms with Gasteiger partial charge in [-0.1, -0.05) is 43.3 Å². The number of esters is 1. The molecule has 0 saturated carbocycles. The molecule has 4 nitrogen and oxygen atoms in total. The van der Waals surface area contributed by atoms with E-state index in [1.807, 2.05) is 13.2 Å². The van der Waals surface area contributed by atoms with Crippen LogP contribution in [0.5, 0.6) is 0 Å². The molecule has 0 heterocycles. The second-order valence-electron chi connectivity index (χ2n) is 5.59. The maximum Gasteiger partial charge on any atom is 0.306 e. The molecular formula is C17H30O4S3. The molecule has 140 valence electrons. The summed E-state index contributed by atoms with van der Waals surface area (Å²) in [5.74, 6) is 2.08. The average Bonchev–Trinajstić information content (AvgIpc) is 2.53. The molecule has 0 radical (unpaired) electrons. The molecule has 0 N–H and O–H groups in total. The molecular weight excluding hydrogens is 364 g/mol. The highest BCUT2D eigenvalue weighted by atomic mass is 32.2. The van der Waals surface area contributed by atoms with Crippen LogP contribution >= 0.6 is 35.3 Å². The first-order chi connectivity index (χ1) is 11.5. The number of ether oxygens (including phenoxy) is 1. The minimum atomic E-state index is -0.200. The third kappa shape index (κ3) is 15.4. The van der Waals surface area contributed by atoms with Crippen molar-refractivity contribution in [1.29, 1.82) is 0 Å². The van der Waals surface area contributed by atoms with Crippen LogP contribution in [0.4, 0.5) is 4.79 Å². The Kier molecular flexibility index (Phi) is 16.2. The number of hydrogen-bond donors (Lipinski definition) is 0. The van der Waals surface area contributed by atoms with Crippen LogP contribution in [-0.2, 0) is 14.3 Å². The van der Waals surface area contributed by atoms with Crippen LogP contribution in [0.15, 0.2) is 0 Å². The van der Waals surface area contributed by atoms with E-state index in [0.29, 0.717) is 24.3 Å². The average molecular weight is 395 g/mol. The Morgan fingerprint density at radius 1 is 0.958 bits per heavy atom. The fraction of sp³-hybridized carbons (Fsp3) is 0.824.